The number of carbonyl (C=O) groups is 1. The maximum absolute atomic E-state index is 12.1. The Morgan fingerprint density at radius 1 is 1.19 bits per heavy atom. The number of fused-ring (bicyclic) bond motifs is 1. The first kappa shape index (κ1) is 31.0. The van der Waals surface area contributed by atoms with Crippen molar-refractivity contribution in [2.75, 3.05) is 32.5 Å². The second kappa shape index (κ2) is 15.2. The zero-order chi connectivity index (χ0) is 23.9. The van der Waals surface area contributed by atoms with Crippen molar-refractivity contribution >= 4 is 53.4 Å². The first-order valence-corrected chi connectivity index (χ1v) is 13.8. The van der Waals surface area contributed by atoms with Gasteiger partial charge >= 0.3 is 5.97 Å². The number of methoxy groups -OCH3 is 1. The molecule has 2 aliphatic rings. The Morgan fingerprint density at radius 3 is 2.69 bits per heavy atom. The molecular weight excluding hydrogens is 519 g/mol. The van der Waals surface area contributed by atoms with Gasteiger partial charge in [0.2, 0.25) is 0 Å². The van der Waals surface area contributed by atoms with Gasteiger partial charge in [-0.3, -0.25) is 9.78 Å². The van der Waals surface area contributed by atoms with E-state index < -0.39 is 12.1 Å². The Morgan fingerprint density at radius 2 is 1.97 bits per heavy atom. The van der Waals surface area contributed by atoms with Crippen LogP contribution in [0, 0.1) is 11.8 Å². The van der Waals surface area contributed by atoms with Gasteiger partial charge in [-0.1, -0.05) is 19.3 Å². The van der Waals surface area contributed by atoms with Crippen LogP contribution in [0.5, 0.6) is 5.75 Å². The molecule has 0 bridgehead atoms. The van der Waals surface area contributed by atoms with E-state index in [1.807, 2.05) is 24.3 Å². The smallest absolute Gasteiger partial charge is 0.308 e. The van der Waals surface area contributed by atoms with E-state index in [1.54, 1.807) is 13.3 Å². The zero-order valence-electron chi connectivity index (χ0n) is 21.0. The van der Waals surface area contributed by atoms with Crippen LogP contribution < -0.4 is 4.74 Å². The predicted molar refractivity (Wildman–Crippen MR) is 152 cm³/mol. The molecule has 1 saturated carbocycles. The summed E-state index contributed by atoms with van der Waals surface area (Å²) in [4.78, 5) is 18.8. The standard InChI is InChI=1S/C27H38N2O4S.2ClH/c1-33-20-8-9-25-23(17-20)22(11-13-28-25)26(30)10-7-19-12-14-29(18-24(19)27(31)32)15-16-34-21-5-3-2-4-6-21;;/h8-9,11,13,17,19,21,24,26,30H,2-7,10,12,14-16,18H2,1H3,(H,31,32);2*1H/t19-,24+,26-;;/m1../s1. The lowest BCUT2D eigenvalue weighted by Gasteiger charge is -2.37. The summed E-state index contributed by atoms with van der Waals surface area (Å²) < 4.78 is 5.34. The van der Waals surface area contributed by atoms with Gasteiger partial charge in [0, 0.05) is 35.7 Å². The summed E-state index contributed by atoms with van der Waals surface area (Å²) in [5.41, 5.74) is 1.65. The van der Waals surface area contributed by atoms with Gasteiger partial charge in [0.15, 0.2) is 0 Å². The summed E-state index contributed by atoms with van der Waals surface area (Å²) in [7, 11) is 1.63. The fraction of sp³-hybridized carbons (Fsp3) is 0.630. The Bertz CT molecular complexity index is 961. The minimum Gasteiger partial charge on any atom is -0.497 e. The molecule has 1 aromatic carbocycles. The molecule has 202 valence electrons. The van der Waals surface area contributed by atoms with Crippen LogP contribution in [0.25, 0.3) is 10.9 Å². The van der Waals surface area contributed by atoms with Crippen molar-refractivity contribution in [2.45, 2.75) is 62.7 Å². The number of rotatable bonds is 10. The number of hydrogen-bond acceptors (Lipinski definition) is 6. The Hall–Kier alpha value is -1.25. The normalized spacial score (nSPS) is 21.8. The van der Waals surface area contributed by atoms with Crippen molar-refractivity contribution in [2.24, 2.45) is 11.8 Å². The van der Waals surface area contributed by atoms with Crippen LogP contribution in [0.1, 0.15) is 63.0 Å². The van der Waals surface area contributed by atoms with Gasteiger partial charge in [-0.25, -0.2) is 0 Å². The number of aliphatic hydroxyl groups is 1. The molecular formula is C27H40Cl2N2O4S. The van der Waals surface area contributed by atoms with E-state index in [-0.39, 0.29) is 36.6 Å². The van der Waals surface area contributed by atoms with E-state index in [0.717, 1.165) is 52.7 Å². The van der Waals surface area contributed by atoms with Crippen LogP contribution in [0.4, 0.5) is 0 Å². The van der Waals surface area contributed by atoms with E-state index in [0.29, 0.717) is 19.4 Å². The lowest BCUT2D eigenvalue weighted by molar-refractivity contribution is -0.146. The summed E-state index contributed by atoms with van der Waals surface area (Å²) >= 11 is 2.08. The molecule has 2 fully saturated rings. The Kier molecular flexibility index (Phi) is 13.1. The molecule has 36 heavy (non-hydrogen) atoms. The average molecular weight is 560 g/mol. The number of carboxylic acids is 1. The molecule has 9 heteroatoms. The number of likely N-dealkylation sites (tertiary alicyclic amines) is 1. The highest BCUT2D eigenvalue weighted by Gasteiger charge is 2.34. The summed E-state index contributed by atoms with van der Waals surface area (Å²) in [6.45, 7) is 2.55. The second-order valence-electron chi connectivity index (χ2n) is 9.80. The number of aliphatic carboxylic acids is 1. The topological polar surface area (TPSA) is 82.9 Å². The number of carboxylic acid groups (broad SMARTS) is 1. The molecule has 2 heterocycles. The largest absolute Gasteiger partial charge is 0.497 e. The molecule has 0 radical (unpaired) electrons. The fourth-order valence-electron chi connectivity index (χ4n) is 5.57. The molecule has 0 spiro atoms. The third-order valence-electron chi connectivity index (χ3n) is 7.62. The van der Waals surface area contributed by atoms with Crippen molar-refractivity contribution in [3.8, 4) is 5.75 Å². The van der Waals surface area contributed by atoms with E-state index in [4.69, 9.17) is 4.74 Å². The van der Waals surface area contributed by atoms with Crippen LogP contribution in [-0.2, 0) is 4.79 Å². The number of aliphatic hydroxyl groups excluding tert-OH is 1. The number of piperidine rings is 1. The van der Waals surface area contributed by atoms with Gasteiger partial charge in [0.1, 0.15) is 5.75 Å². The molecule has 4 rings (SSSR count). The molecule has 3 atom stereocenters. The third-order valence-corrected chi connectivity index (χ3v) is 8.98. The van der Waals surface area contributed by atoms with Crippen LogP contribution in [0.15, 0.2) is 30.5 Å². The van der Waals surface area contributed by atoms with Crippen LogP contribution in [0.3, 0.4) is 0 Å². The fourth-order valence-corrected chi connectivity index (χ4v) is 6.93. The number of nitrogens with zero attached hydrogens (tertiary/aromatic N) is 2. The SMILES string of the molecule is COc1ccc2nccc([C@H](O)CC[C@@H]3CCN(CCSC4CCCCC4)C[C@@H]3C(=O)O)c2c1.Cl.Cl. The summed E-state index contributed by atoms with van der Waals surface area (Å²) in [6.07, 6.45) is 9.97. The maximum Gasteiger partial charge on any atom is 0.308 e. The molecule has 6 nitrogen and oxygen atoms in total. The first-order chi connectivity index (χ1) is 16.5. The minimum absolute atomic E-state index is 0. The van der Waals surface area contributed by atoms with Crippen LogP contribution >= 0.6 is 36.6 Å². The van der Waals surface area contributed by atoms with E-state index in [9.17, 15) is 15.0 Å². The first-order valence-electron chi connectivity index (χ1n) is 12.7. The number of benzene rings is 1. The summed E-state index contributed by atoms with van der Waals surface area (Å²) in [5, 5.41) is 22.6. The molecule has 1 aliphatic heterocycles. The third kappa shape index (κ3) is 8.12. The predicted octanol–water partition coefficient (Wildman–Crippen LogP) is 5.99. The number of hydrogen-bond donors (Lipinski definition) is 2. The van der Waals surface area contributed by atoms with Crippen LogP contribution in [-0.4, -0.2) is 63.8 Å². The molecule has 1 aromatic heterocycles. The lowest BCUT2D eigenvalue weighted by Crippen LogP contribution is -2.44. The summed E-state index contributed by atoms with van der Waals surface area (Å²) in [6, 6.07) is 7.52. The number of ether oxygens (including phenoxy) is 1. The number of pyridine rings is 1. The minimum atomic E-state index is -0.705. The highest BCUT2D eigenvalue weighted by molar-refractivity contribution is 7.99. The van der Waals surface area contributed by atoms with Gasteiger partial charge in [0.25, 0.3) is 0 Å². The van der Waals surface area contributed by atoms with Gasteiger partial charge in [0.05, 0.1) is 24.6 Å². The van der Waals surface area contributed by atoms with Gasteiger partial charge in [-0.2, -0.15) is 11.8 Å². The van der Waals surface area contributed by atoms with Crippen molar-refractivity contribution in [1.29, 1.82) is 0 Å². The molecule has 0 unspecified atom stereocenters. The van der Waals surface area contributed by atoms with Crippen molar-refractivity contribution in [3.05, 3.63) is 36.0 Å². The number of thioether (sulfide) groups is 1. The highest BCUT2D eigenvalue weighted by atomic mass is 35.5. The van der Waals surface area contributed by atoms with Crippen LogP contribution in [0.2, 0.25) is 0 Å². The molecule has 2 aromatic rings. The van der Waals surface area contributed by atoms with Gasteiger partial charge in [-0.15, -0.1) is 24.8 Å². The second-order valence-corrected chi connectivity index (χ2v) is 11.2. The lowest BCUT2D eigenvalue weighted by atomic mass is 9.81. The Balaban J connectivity index is 0.00000228. The molecule has 1 saturated heterocycles. The zero-order valence-corrected chi connectivity index (χ0v) is 23.5. The Labute approximate surface area is 231 Å². The molecule has 2 N–H and O–H groups in total. The van der Waals surface area contributed by atoms with E-state index in [1.165, 1.54) is 32.1 Å². The quantitative estimate of drug-likeness (QED) is 0.370. The molecule has 1 aliphatic carbocycles. The highest BCUT2D eigenvalue weighted by Crippen LogP contribution is 2.34. The summed E-state index contributed by atoms with van der Waals surface area (Å²) in [5.74, 6) is 0.850. The van der Waals surface area contributed by atoms with E-state index in [2.05, 4.69) is 21.6 Å². The van der Waals surface area contributed by atoms with Gasteiger partial charge < -0.3 is 19.8 Å². The van der Waals surface area contributed by atoms with Gasteiger partial charge in [-0.05, 0) is 74.4 Å². The molecule has 0 amide bonds. The van der Waals surface area contributed by atoms with Crippen molar-refractivity contribution < 1.29 is 19.7 Å². The number of halogens is 2. The van der Waals surface area contributed by atoms with Crippen molar-refractivity contribution in [3.63, 3.8) is 0 Å². The monoisotopic (exact) mass is 558 g/mol. The van der Waals surface area contributed by atoms with E-state index >= 15 is 0 Å². The number of aromatic nitrogens is 1. The maximum atomic E-state index is 12.1. The van der Waals surface area contributed by atoms with Crippen molar-refractivity contribution in [1.82, 2.24) is 9.88 Å². The average Bonchev–Trinajstić information content (AvgIpc) is 2.87.